The van der Waals surface area contributed by atoms with Crippen molar-refractivity contribution in [1.29, 1.82) is 0 Å². The fourth-order valence-electron chi connectivity index (χ4n) is 2.96. The number of carbonyl (C=O) groups excluding carboxylic acids is 1. The van der Waals surface area contributed by atoms with E-state index < -0.39 is 0 Å². The van der Waals surface area contributed by atoms with E-state index in [4.69, 9.17) is 0 Å². The molecular weight excluding hydrogens is 300 g/mol. The van der Waals surface area contributed by atoms with Gasteiger partial charge in [0.15, 0.2) is 0 Å². The highest BCUT2D eigenvalue weighted by molar-refractivity contribution is 5.83. The number of nitrogens with one attached hydrogen (secondary N) is 2. The number of piperazine rings is 1. The molecule has 1 saturated heterocycles. The molecule has 1 atom stereocenters. The first-order chi connectivity index (χ1) is 11.4. The van der Waals surface area contributed by atoms with Gasteiger partial charge in [-0.3, -0.25) is 9.69 Å². The molecule has 0 aliphatic carbocycles. The van der Waals surface area contributed by atoms with Crippen LogP contribution in [0.3, 0.4) is 0 Å². The van der Waals surface area contributed by atoms with Crippen LogP contribution >= 0.6 is 0 Å². The van der Waals surface area contributed by atoms with Crippen LogP contribution in [0.2, 0.25) is 0 Å². The van der Waals surface area contributed by atoms with Crippen LogP contribution in [-0.2, 0) is 4.79 Å². The summed E-state index contributed by atoms with van der Waals surface area (Å²) in [4.78, 5) is 17.5. The highest BCUT2D eigenvalue weighted by Crippen LogP contribution is 2.22. The Morgan fingerprint density at radius 2 is 1.71 bits per heavy atom. The summed E-state index contributed by atoms with van der Waals surface area (Å²) in [6.45, 7) is 11.7. The molecule has 0 radical (unpaired) electrons. The second-order valence-corrected chi connectivity index (χ2v) is 7.62. The third-order valence-corrected chi connectivity index (χ3v) is 4.35. The molecule has 1 unspecified atom stereocenters. The van der Waals surface area contributed by atoms with Gasteiger partial charge in [0.05, 0.1) is 0 Å². The smallest absolute Gasteiger partial charge is 0.242 e. The number of hydrogen-bond acceptors (Lipinski definition) is 4. The van der Waals surface area contributed by atoms with Crippen LogP contribution in [0.1, 0.15) is 32.4 Å². The highest BCUT2D eigenvalue weighted by atomic mass is 16.2. The monoisotopic (exact) mass is 332 g/mol. The van der Waals surface area contributed by atoms with Crippen LogP contribution in [0.25, 0.3) is 0 Å². The van der Waals surface area contributed by atoms with Gasteiger partial charge in [-0.15, -0.1) is 0 Å². The molecule has 1 amide bonds. The Labute approximate surface area is 146 Å². The van der Waals surface area contributed by atoms with E-state index >= 15 is 0 Å². The first kappa shape index (κ1) is 18.9. The molecule has 0 saturated carbocycles. The standard InChI is InChI=1S/C19H32N4O/c1-19(2,3)21-11-10-20-18(24)17(16-8-6-5-7-9-16)23-14-12-22(4)13-15-23/h5-9,17,21H,10-15H2,1-4H3,(H,20,24). The maximum absolute atomic E-state index is 12.9. The van der Waals surface area contributed by atoms with Gasteiger partial charge in [-0.2, -0.15) is 0 Å². The van der Waals surface area contributed by atoms with Crippen LogP contribution in [0.4, 0.5) is 0 Å². The van der Waals surface area contributed by atoms with E-state index in [0.717, 1.165) is 38.3 Å². The van der Waals surface area contributed by atoms with Crippen LogP contribution in [0.15, 0.2) is 30.3 Å². The summed E-state index contributed by atoms with van der Waals surface area (Å²) in [5, 5.41) is 6.51. The Hall–Kier alpha value is -1.43. The van der Waals surface area contributed by atoms with Crippen molar-refractivity contribution in [2.24, 2.45) is 0 Å². The normalized spacial score (nSPS) is 18.3. The van der Waals surface area contributed by atoms with Crippen LogP contribution < -0.4 is 10.6 Å². The summed E-state index contributed by atoms with van der Waals surface area (Å²) in [5.41, 5.74) is 1.14. The van der Waals surface area contributed by atoms with E-state index in [2.05, 4.69) is 60.4 Å². The Balaban J connectivity index is 1.99. The molecular formula is C19H32N4O. The van der Waals surface area contributed by atoms with Gasteiger partial charge in [-0.1, -0.05) is 30.3 Å². The fourth-order valence-corrected chi connectivity index (χ4v) is 2.96. The highest BCUT2D eigenvalue weighted by Gasteiger charge is 2.29. The second-order valence-electron chi connectivity index (χ2n) is 7.62. The van der Waals surface area contributed by atoms with Gasteiger partial charge in [0.1, 0.15) is 6.04 Å². The SMILES string of the molecule is CN1CCN(C(C(=O)NCCNC(C)(C)C)c2ccccc2)CC1. The van der Waals surface area contributed by atoms with Gasteiger partial charge in [0.25, 0.3) is 0 Å². The molecule has 1 aromatic carbocycles. The van der Waals surface area contributed by atoms with Crippen molar-refractivity contribution in [3.8, 4) is 0 Å². The molecule has 2 rings (SSSR count). The third-order valence-electron chi connectivity index (χ3n) is 4.35. The number of likely N-dealkylation sites (N-methyl/N-ethyl adjacent to an activating group) is 1. The lowest BCUT2D eigenvalue weighted by Gasteiger charge is -2.37. The zero-order valence-corrected chi connectivity index (χ0v) is 15.5. The van der Waals surface area contributed by atoms with Crippen molar-refractivity contribution >= 4 is 5.91 Å². The molecule has 1 aliphatic rings. The third kappa shape index (κ3) is 5.89. The summed E-state index contributed by atoms with van der Waals surface area (Å²) >= 11 is 0. The summed E-state index contributed by atoms with van der Waals surface area (Å²) in [6, 6.07) is 9.91. The number of amides is 1. The minimum absolute atomic E-state index is 0.0704. The lowest BCUT2D eigenvalue weighted by Crippen LogP contribution is -2.50. The van der Waals surface area contributed by atoms with Crippen molar-refractivity contribution in [1.82, 2.24) is 20.4 Å². The Kier molecular flexibility index (Phi) is 6.78. The number of benzene rings is 1. The summed E-state index contributed by atoms with van der Waals surface area (Å²) in [5.74, 6) is 0.0986. The van der Waals surface area contributed by atoms with E-state index in [9.17, 15) is 4.79 Å². The Bertz CT molecular complexity index is 504. The Morgan fingerprint density at radius 1 is 1.08 bits per heavy atom. The number of rotatable bonds is 6. The molecule has 5 nitrogen and oxygen atoms in total. The van der Waals surface area contributed by atoms with E-state index in [-0.39, 0.29) is 17.5 Å². The molecule has 1 aromatic rings. The van der Waals surface area contributed by atoms with Gasteiger partial charge >= 0.3 is 0 Å². The van der Waals surface area contributed by atoms with Crippen molar-refractivity contribution in [3.05, 3.63) is 35.9 Å². The quantitative estimate of drug-likeness (QED) is 0.775. The average Bonchev–Trinajstić information content (AvgIpc) is 2.54. The summed E-state index contributed by atoms with van der Waals surface area (Å²) in [6.07, 6.45) is 0. The molecule has 134 valence electrons. The van der Waals surface area contributed by atoms with Gasteiger partial charge in [0, 0.05) is 44.8 Å². The number of nitrogens with zero attached hydrogens (tertiary/aromatic N) is 2. The largest absolute Gasteiger partial charge is 0.353 e. The van der Waals surface area contributed by atoms with E-state index in [0.29, 0.717) is 6.54 Å². The predicted molar refractivity (Wildman–Crippen MR) is 99.0 cm³/mol. The second kappa shape index (κ2) is 8.60. The van der Waals surface area contributed by atoms with E-state index in [1.54, 1.807) is 0 Å². The maximum Gasteiger partial charge on any atom is 0.242 e. The van der Waals surface area contributed by atoms with Crippen molar-refractivity contribution in [2.75, 3.05) is 46.3 Å². The first-order valence-electron chi connectivity index (χ1n) is 8.87. The zero-order chi connectivity index (χ0) is 17.6. The topological polar surface area (TPSA) is 47.6 Å². The van der Waals surface area contributed by atoms with Crippen LogP contribution in [-0.4, -0.2) is 67.6 Å². The van der Waals surface area contributed by atoms with Crippen molar-refractivity contribution < 1.29 is 4.79 Å². The van der Waals surface area contributed by atoms with E-state index in [1.807, 2.05) is 18.2 Å². The first-order valence-corrected chi connectivity index (χ1v) is 8.87. The predicted octanol–water partition coefficient (Wildman–Crippen LogP) is 1.48. The molecule has 5 heteroatoms. The van der Waals surface area contributed by atoms with Crippen LogP contribution in [0.5, 0.6) is 0 Å². The Morgan fingerprint density at radius 3 is 2.29 bits per heavy atom. The lowest BCUT2D eigenvalue weighted by atomic mass is 10.0. The zero-order valence-electron chi connectivity index (χ0n) is 15.5. The molecule has 2 N–H and O–H groups in total. The van der Waals surface area contributed by atoms with Gasteiger partial charge < -0.3 is 15.5 Å². The maximum atomic E-state index is 12.9. The van der Waals surface area contributed by atoms with Crippen molar-refractivity contribution in [2.45, 2.75) is 32.4 Å². The molecule has 0 aromatic heterocycles. The minimum Gasteiger partial charge on any atom is -0.353 e. The molecule has 0 bridgehead atoms. The van der Waals surface area contributed by atoms with E-state index in [1.165, 1.54) is 0 Å². The fraction of sp³-hybridized carbons (Fsp3) is 0.632. The molecule has 1 heterocycles. The summed E-state index contributed by atoms with van der Waals surface area (Å²) < 4.78 is 0. The van der Waals surface area contributed by atoms with Crippen LogP contribution in [0, 0.1) is 0 Å². The molecule has 1 aliphatic heterocycles. The lowest BCUT2D eigenvalue weighted by molar-refractivity contribution is -0.127. The molecule has 0 spiro atoms. The van der Waals surface area contributed by atoms with Crippen molar-refractivity contribution in [3.63, 3.8) is 0 Å². The minimum atomic E-state index is -0.200. The van der Waals surface area contributed by atoms with Gasteiger partial charge in [-0.05, 0) is 33.4 Å². The number of carbonyl (C=O) groups is 1. The summed E-state index contributed by atoms with van der Waals surface area (Å²) in [7, 11) is 2.13. The molecule has 24 heavy (non-hydrogen) atoms. The van der Waals surface area contributed by atoms with Gasteiger partial charge in [0.2, 0.25) is 5.91 Å². The van der Waals surface area contributed by atoms with Gasteiger partial charge in [-0.25, -0.2) is 0 Å². The average molecular weight is 332 g/mol. The number of hydrogen-bond donors (Lipinski definition) is 2. The molecule has 1 fully saturated rings.